The van der Waals surface area contributed by atoms with Crippen LogP contribution >= 0.6 is 0 Å². The van der Waals surface area contributed by atoms with Gasteiger partial charge in [0.15, 0.2) is 17.9 Å². The van der Waals surface area contributed by atoms with Gasteiger partial charge in [0.2, 0.25) is 0 Å². The van der Waals surface area contributed by atoms with Gasteiger partial charge in [-0.05, 0) is 12.5 Å². The summed E-state index contributed by atoms with van der Waals surface area (Å²) in [4.78, 5) is 0. The molecule has 0 radical (unpaired) electrons. The molecule has 2 aromatic rings. The molecule has 0 saturated carbocycles. The minimum Gasteiger partial charge on any atom is -0.376 e. The first kappa shape index (κ1) is 19.2. The normalized spacial score (nSPS) is 25.0. The number of ether oxygens (including phenoxy) is 1. The third kappa shape index (κ3) is 3.36. The number of benzene rings is 1. The largest absolute Gasteiger partial charge is 0.376 e. The highest BCUT2D eigenvalue weighted by Gasteiger charge is 2.60. The molecule has 3 heterocycles. The fraction of sp³-hybridized carbons (Fsp3) is 0.421. The van der Waals surface area contributed by atoms with Crippen molar-refractivity contribution in [2.24, 2.45) is 5.41 Å². The molecule has 0 N–H and O–H groups in total. The van der Waals surface area contributed by atoms with E-state index in [-0.39, 0.29) is 11.5 Å². The molecule has 140 valence electrons. The summed E-state index contributed by atoms with van der Waals surface area (Å²) in [6, 6.07) is 15.8. The lowest BCUT2D eigenvalue weighted by Crippen LogP contribution is -2.68. The second-order valence-electron chi connectivity index (χ2n) is 7.12. The molecule has 2 aliphatic heterocycles. The zero-order valence-corrected chi connectivity index (χ0v) is 15.7. The molecule has 3 atom stereocenters. The molecule has 2 bridgehead atoms. The number of halogens is 1. The zero-order chi connectivity index (χ0) is 19.1. The van der Waals surface area contributed by atoms with Gasteiger partial charge >= 0.3 is 0 Å². The minimum absolute atomic E-state index is 0.0913. The van der Waals surface area contributed by atoms with E-state index < -0.39 is 10.2 Å². The molecule has 0 saturated heterocycles. The number of nitrogens with zero attached hydrogens (tertiary/aromatic N) is 1. The van der Waals surface area contributed by atoms with Gasteiger partial charge < -0.3 is 4.74 Å². The number of aromatic nitrogens is 1. The predicted octanol–water partition coefficient (Wildman–Crippen LogP) is -1.30. The molecule has 3 aliphatic rings. The molecule has 0 amide bonds. The topological polar surface area (TPSA) is 105 Å². The van der Waals surface area contributed by atoms with E-state index >= 15 is 0 Å². The molecule has 7 heteroatoms. The van der Waals surface area contributed by atoms with Crippen LogP contribution in [0.25, 0.3) is 0 Å². The van der Waals surface area contributed by atoms with E-state index in [9.17, 15) is 0 Å². The molecule has 5 rings (SSSR count). The van der Waals surface area contributed by atoms with Crippen molar-refractivity contribution < 1.29 is 38.2 Å². The van der Waals surface area contributed by atoms with E-state index in [2.05, 4.69) is 74.0 Å². The van der Waals surface area contributed by atoms with Crippen molar-refractivity contribution in [1.82, 2.24) is 0 Å². The second-order valence-corrected chi connectivity index (χ2v) is 7.87. The maximum Gasteiger partial charge on any atom is 0.192 e. The Morgan fingerprint density at radius 1 is 1.00 bits per heavy atom. The number of fused-ring (bicyclic) bond motifs is 1. The van der Waals surface area contributed by atoms with Gasteiger partial charge in [0.1, 0.15) is 0 Å². The monoisotopic (exact) mass is 379 g/mol. The van der Waals surface area contributed by atoms with Gasteiger partial charge in [-0.25, -0.2) is 18.6 Å². The lowest BCUT2D eigenvalue weighted by molar-refractivity contribution is -2.00. The van der Waals surface area contributed by atoms with Gasteiger partial charge in [-0.3, -0.25) is 0 Å². The molecule has 1 aromatic carbocycles. The summed E-state index contributed by atoms with van der Waals surface area (Å²) >= 11 is 0. The van der Waals surface area contributed by atoms with Crippen LogP contribution in [0.3, 0.4) is 0 Å². The molecule has 6 nitrogen and oxygen atoms in total. The summed E-state index contributed by atoms with van der Waals surface area (Å²) in [6.07, 6.45) is 2.47. The summed E-state index contributed by atoms with van der Waals surface area (Å²) in [5.41, 5.74) is 4.39. The van der Waals surface area contributed by atoms with Crippen LogP contribution in [-0.4, -0.2) is 12.7 Å². The third-order valence-corrected chi connectivity index (χ3v) is 5.23. The number of pyridine rings is 1. The van der Waals surface area contributed by atoms with Gasteiger partial charge in [-0.1, -0.05) is 44.2 Å². The molecule has 0 fully saturated rings. The lowest BCUT2D eigenvalue weighted by atomic mass is 9.59. The first-order valence-corrected chi connectivity index (χ1v) is 9.72. The quantitative estimate of drug-likeness (QED) is 0.603. The van der Waals surface area contributed by atoms with Gasteiger partial charge in [-0.15, -0.1) is 10.2 Å². The SMILES string of the molecule is CCO[C@H]1[C@H]2c3ccccc3[C@H]([n+]3ccccc32)C1(C)C.[O-][Cl+3]([O-])([O-])[O-]. The Morgan fingerprint density at radius 2 is 1.58 bits per heavy atom. The maximum atomic E-state index is 8.49. The smallest absolute Gasteiger partial charge is 0.192 e. The summed E-state index contributed by atoms with van der Waals surface area (Å²) in [7, 11) is -4.94. The highest BCUT2D eigenvalue weighted by molar-refractivity contribution is 5.44. The lowest BCUT2D eigenvalue weighted by Gasteiger charge is -2.50. The van der Waals surface area contributed by atoms with Crippen LogP contribution in [0.1, 0.15) is 49.6 Å². The van der Waals surface area contributed by atoms with E-state index in [0.717, 1.165) is 6.61 Å². The number of hydrogen-bond donors (Lipinski definition) is 0. The van der Waals surface area contributed by atoms with Gasteiger partial charge in [0.05, 0.1) is 17.4 Å². The molecular formula is C19H22ClNO5. The first-order chi connectivity index (χ1) is 12.2. The minimum atomic E-state index is -4.94. The first-order valence-electron chi connectivity index (χ1n) is 8.48. The van der Waals surface area contributed by atoms with Crippen molar-refractivity contribution >= 4 is 0 Å². The van der Waals surface area contributed by atoms with E-state index in [0.29, 0.717) is 12.0 Å². The van der Waals surface area contributed by atoms with Crippen molar-refractivity contribution in [3.8, 4) is 0 Å². The van der Waals surface area contributed by atoms with Crippen LogP contribution in [0.4, 0.5) is 0 Å². The highest BCUT2D eigenvalue weighted by Crippen LogP contribution is 2.55. The fourth-order valence-electron chi connectivity index (χ4n) is 4.47. The summed E-state index contributed by atoms with van der Waals surface area (Å²) in [5.74, 6) is 0.336. The van der Waals surface area contributed by atoms with Crippen molar-refractivity contribution in [1.29, 1.82) is 0 Å². The average Bonchev–Trinajstić information content (AvgIpc) is 2.55. The third-order valence-electron chi connectivity index (χ3n) is 5.23. The van der Waals surface area contributed by atoms with Crippen molar-refractivity contribution in [3.63, 3.8) is 0 Å². The highest BCUT2D eigenvalue weighted by atomic mass is 35.7. The van der Waals surface area contributed by atoms with Gasteiger partial charge in [-0.2, -0.15) is 4.57 Å². The van der Waals surface area contributed by atoms with Crippen LogP contribution < -0.4 is 23.2 Å². The Bertz CT molecular complexity index is 736. The molecule has 26 heavy (non-hydrogen) atoms. The summed E-state index contributed by atoms with van der Waals surface area (Å²) < 4.78 is 42.7. The summed E-state index contributed by atoms with van der Waals surface area (Å²) in [6.45, 7) is 7.57. The van der Waals surface area contributed by atoms with Crippen molar-refractivity contribution in [3.05, 3.63) is 65.5 Å². The van der Waals surface area contributed by atoms with Crippen LogP contribution in [0.15, 0.2) is 48.7 Å². The predicted molar refractivity (Wildman–Crippen MR) is 82.3 cm³/mol. The molecule has 0 unspecified atom stereocenters. The van der Waals surface area contributed by atoms with Crippen LogP contribution in [0.5, 0.6) is 0 Å². The van der Waals surface area contributed by atoms with Crippen LogP contribution in [-0.2, 0) is 4.74 Å². The molecule has 0 spiro atoms. The molecular weight excluding hydrogens is 358 g/mol. The van der Waals surface area contributed by atoms with E-state index in [4.69, 9.17) is 23.4 Å². The molecule has 1 aromatic heterocycles. The van der Waals surface area contributed by atoms with E-state index in [1.807, 2.05) is 0 Å². The Balaban J connectivity index is 0.000000349. The Labute approximate surface area is 155 Å². The van der Waals surface area contributed by atoms with Crippen LogP contribution in [0, 0.1) is 15.7 Å². The Morgan fingerprint density at radius 3 is 2.19 bits per heavy atom. The van der Waals surface area contributed by atoms with Gasteiger partial charge in [0, 0.05) is 24.3 Å². The maximum absolute atomic E-state index is 8.49. The number of hydrogen-bond acceptors (Lipinski definition) is 5. The van der Waals surface area contributed by atoms with Crippen molar-refractivity contribution in [2.75, 3.05) is 6.61 Å². The standard InChI is InChI=1S/C19H22NO.ClHO4/c1-4-21-18-16-13-9-5-6-10-14(13)17(19(18,2)3)20-12-8-7-11-15(16)20;2-1(3,4)5/h5-12,16-18H,4H2,1-3H3;(H,2,3,4,5)/q+1;/p-1/t16-,17-,18-;/m0./s1. The fourth-order valence-corrected chi connectivity index (χ4v) is 4.47. The Kier molecular flexibility index (Phi) is 5.09. The van der Waals surface area contributed by atoms with Crippen LogP contribution in [0.2, 0.25) is 0 Å². The van der Waals surface area contributed by atoms with Crippen molar-refractivity contribution in [2.45, 2.75) is 38.8 Å². The zero-order valence-electron chi connectivity index (χ0n) is 14.9. The second kappa shape index (κ2) is 6.88. The van der Waals surface area contributed by atoms with E-state index in [1.165, 1.54) is 16.8 Å². The summed E-state index contributed by atoms with van der Waals surface area (Å²) in [5, 5.41) is 0. The number of rotatable bonds is 2. The average molecular weight is 380 g/mol. The Hall–Kier alpha value is -1.54. The van der Waals surface area contributed by atoms with Gasteiger partial charge in [0.25, 0.3) is 0 Å². The molecule has 1 aliphatic carbocycles. The van der Waals surface area contributed by atoms with E-state index in [1.54, 1.807) is 0 Å².